The molecule has 1 aromatic rings. The van der Waals surface area contributed by atoms with Gasteiger partial charge in [-0.3, -0.25) is 4.79 Å². The Hall–Kier alpha value is -1.54. The lowest BCUT2D eigenvalue weighted by molar-refractivity contribution is 0.102. The lowest BCUT2D eigenvalue weighted by Crippen LogP contribution is -2.24. The van der Waals surface area contributed by atoms with Gasteiger partial charge in [-0.1, -0.05) is 23.8 Å². The fraction of sp³-hybridized carbons (Fsp3) is 0.214. The van der Waals surface area contributed by atoms with E-state index in [1.54, 1.807) is 6.07 Å². The Bertz CT molecular complexity index is 557. The van der Waals surface area contributed by atoms with Gasteiger partial charge in [0.05, 0.1) is 5.70 Å². The molecule has 0 aromatic heterocycles. The van der Waals surface area contributed by atoms with E-state index >= 15 is 0 Å². The third-order valence-corrected chi connectivity index (χ3v) is 3.47. The van der Waals surface area contributed by atoms with E-state index in [9.17, 15) is 4.79 Å². The molecule has 0 radical (unpaired) electrons. The van der Waals surface area contributed by atoms with Crippen LogP contribution in [0, 0.1) is 0 Å². The zero-order chi connectivity index (χ0) is 11.8. The first-order chi connectivity index (χ1) is 8.25. The highest BCUT2D eigenvalue weighted by atomic mass is 35.5. The molecule has 0 atom stereocenters. The minimum atomic E-state index is 0.0912. The van der Waals surface area contributed by atoms with Crippen LogP contribution in [-0.4, -0.2) is 12.3 Å². The number of allylic oxidation sites excluding steroid dienone is 3. The van der Waals surface area contributed by atoms with Crippen LogP contribution < -0.4 is 5.32 Å². The van der Waals surface area contributed by atoms with Gasteiger partial charge in [0.2, 0.25) is 5.78 Å². The second-order valence-electron chi connectivity index (χ2n) is 4.31. The van der Waals surface area contributed by atoms with Crippen LogP contribution in [-0.2, 0) is 6.42 Å². The van der Waals surface area contributed by atoms with E-state index < -0.39 is 0 Å². The highest BCUT2D eigenvalue weighted by molar-refractivity contribution is 6.30. The van der Waals surface area contributed by atoms with Gasteiger partial charge in [-0.05, 0) is 42.2 Å². The number of halogens is 1. The number of dihydropyridines is 1. The number of nitrogens with one attached hydrogen (secondary N) is 1. The minimum absolute atomic E-state index is 0.0912. The van der Waals surface area contributed by atoms with Gasteiger partial charge in [-0.15, -0.1) is 0 Å². The number of carbonyl (C=O) groups is 1. The van der Waals surface area contributed by atoms with Gasteiger partial charge in [0.25, 0.3) is 0 Å². The van der Waals surface area contributed by atoms with E-state index in [1.165, 1.54) is 0 Å². The second-order valence-corrected chi connectivity index (χ2v) is 4.75. The Morgan fingerprint density at radius 1 is 1.24 bits per heavy atom. The summed E-state index contributed by atoms with van der Waals surface area (Å²) in [6.45, 7) is 0.730. The van der Waals surface area contributed by atoms with Crippen LogP contribution in [0.1, 0.15) is 22.3 Å². The van der Waals surface area contributed by atoms with Gasteiger partial charge in [-0.25, -0.2) is 0 Å². The van der Waals surface area contributed by atoms with Crippen LogP contribution in [0.15, 0.2) is 41.6 Å². The van der Waals surface area contributed by atoms with Crippen molar-refractivity contribution >= 4 is 17.4 Å². The van der Waals surface area contributed by atoms with Gasteiger partial charge in [-0.2, -0.15) is 0 Å². The predicted octanol–water partition coefficient (Wildman–Crippen LogP) is 2.88. The molecule has 0 amide bonds. The maximum atomic E-state index is 12.4. The topological polar surface area (TPSA) is 29.1 Å². The molecule has 1 aromatic carbocycles. The number of benzene rings is 1. The number of ketones is 1. The van der Waals surface area contributed by atoms with E-state index in [-0.39, 0.29) is 5.78 Å². The summed E-state index contributed by atoms with van der Waals surface area (Å²) < 4.78 is 0. The molecule has 0 unspecified atom stereocenters. The van der Waals surface area contributed by atoms with E-state index in [4.69, 9.17) is 11.6 Å². The smallest absolute Gasteiger partial charge is 0.209 e. The summed E-state index contributed by atoms with van der Waals surface area (Å²) in [6, 6.07) is 5.51. The first-order valence-corrected chi connectivity index (χ1v) is 6.10. The minimum Gasteiger partial charge on any atom is -0.378 e. The largest absolute Gasteiger partial charge is 0.378 e. The Kier molecular flexibility index (Phi) is 2.52. The molecule has 0 fully saturated rings. The normalized spacial score (nSPS) is 18.3. The number of fused-ring (bicyclic) bond motifs is 1. The molecule has 86 valence electrons. The van der Waals surface area contributed by atoms with E-state index in [0.717, 1.165) is 41.8 Å². The van der Waals surface area contributed by atoms with E-state index in [2.05, 4.69) is 17.5 Å². The number of aryl methyl sites for hydroxylation is 1. The average Bonchev–Trinajstić information content (AvgIpc) is 2.48. The highest BCUT2D eigenvalue weighted by Crippen LogP contribution is 2.27. The lowest BCUT2D eigenvalue weighted by Gasteiger charge is -2.14. The van der Waals surface area contributed by atoms with Crippen LogP contribution >= 0.6 is 11.6 Å². The molecule has 3 heteroatoms. The molecular weight excluding hydrogens is 234 g/mol. The Morgan fingerprint density at radius 2 is 2.12 bits per heavy atom. The van der Waals surface area contributed by atoms with E-state index in [0.29, 0.717) is 5.02 Å². The maximum Gasteiger partial charge on any atom is 0.209 e. The molecule has 1 N–H and O–H groups in total. The van der Waals surface area contributed by atoms with Gasteiger partial charge in [0.1, 0.15) is 0 Å². The van der Waals surface area contributed by atoms with Gasteiger partial charge < -0.3 is 5.32 Å². The first kappa shape index (κ1) is 10.6. The lowest BCUT2D eigenvalue weighted by atomic mass is 10.0. The quantitative estimate of drug-likeness (QED) is 0.762. The van der Waals surface area contributed by atoms with Crippen LogP contribution in [0.5, 0.6) is 0 Å². The molecular formula is C14H12ClNO. The van der Waals surface area contributed by atoms with Crippen LogP contribution in [0.4, 0.5) is 0 Å². The molecule has 0 spiro atoms. The Balaban J connectivity index is 2.12. The number of rotatable bonds is 0. The second kappa shape index (κ2) is 4.04. The van der Waals surface area contributed by atoms with Crippen LogP contribution in [0.3, 0.4) is 0 Å². The molecule has 0 saturated carbocycles. The number of hydrogen-bond donors (Lipinski definition) is 1. The predicted molar refractivity (Wildman–Crippen MR) is 68.3 cm³/mol. The Labute approximate surface area is 105 Å². The van der Waals surface area contributed by atoms with Gasteiger partial charge in [0.15, 0.2) is 0 Å². The molecule has 1 aliphatic carbocycles. The van der Waals surface area contributed by atoms with Crippen molar-refractivity contribution in [2.24, 2.45) is 0 Å². The number of Topliss-reactive ketones (excluding diaryl/α,β-unsaturated/α-hetero) is 1. The standard InChI is InChI=1S/C14H12ClNO/c15-11-5-6-12-10(8-11)4-3-9-2-1-7-16-13(9)14(12)17/h1-2,5-6,8,16H,3-4,7H2. The molecule has 1 heterocycles. The fourth-order valence-corrected chi connectivity index (χ4v) is 2.58. The third kappa shape index (κ3) is 1.79. The van der Waals surface area contributed by atoms with Crippen molar-refractivity contribution in [1.82, 2.24) is 5.32 Å². The van der Waals surface area contributed by atoms with E-state index in [1.807, 2.05) is 12.1 Å². The maximum absolute atomic E-state index is 12.4. The summed E-state index contributed by atoms with van der Waals surface area (Å²) in [4.78, 5) is 12.4. The van der Waals surface area contributed by atoms with Gasteiger partial charge in [0, 0.05) is 17.1 Å². The summed E-state index contributed by atoms with van der Waals surface area (Å²) in [5.41, 5.74) is 3.69. The molecule has 0 saturated heterocycles. The first-order valence-electron chi connectivity index (χ1n) is 5.72. The fourth-order valence-electron chi connectivity index (χ4n) is 2.39. The van der Waals surface area contributed by atoms with Crippen molar-refractivity contribution in [2.45, 2.75) is 12.8 Å². The molecule has 2 aliphatic rings. The third-order valence-electron chi connectivity index (χ3n) is 3.24. The highest BCUT2D eigenvalue weighted by Gasteiger charge is 2.23. The molecule has 2 nitrogen and oxygen atoms in total. The summed E-state index contributed by atoms with van der Waals surface area (Å²) in [6.07, 6.45) is 5.86. The van der Waals surface area contributed by atoms with Gasteiger partial charge >= 0.3 is 0 Å². The summed E-state index contributed by atoms with van der Waals surface area (Å²) >= 11 is 5.98. The summed E-state index contributed by atoms with van der Waals surface area (Å²) in [7, 11) is 0. The Morgan fingerprint density at radius 3 is 3.00 bits per heavy atom. The van der Waals surface area contributed by atoms with Crippen molar-refractivity contribution < 1.29 is 4.79 Å². The van der Waals surface area contributed by atoms with Crippen molar-refractivity contribution in [3.8, 4) is 0 Å². The summed E-state index contributed by atoms with van der Waals surface area (Å²) in [5.74, 6) is 0.0912. The zero-order valence-corrected chi connectivity index (χ0v) is 10.1. The molecule has 0 bridgehead atoms. The molecule has 3 rings (SSSR count). The van der Waals surface area contributed by atoms with Crippen molar-refractivity contribution in [1.29, 1.82) is 0 Å². The van der Waals surface area contributed by atoms with Crippen LogP contribution in [0.25, 0.3) is 0 Å². The zero-order valence-electron chi connectivity index (χ0n) is 9.29. The molecule has 1 aliphatic heterocycles. The number of carbonyl (C=O) groups excluding carboxylic acids is 1. The SMILES string of the molecule is O=C1C2=C(C=CCN2)CCc2cc(Cl)ccc21. The van der Waals surface area contributed by atoms with Crippen molar-refractivity contribution in [2.75, 3.05) is 6.54 Å². The monoisotopic (exact) mass is 245 g/mol. The van der Waals surface area contributed by atoms with Crippen molar-refractivity contribution in [3.63, 3.8) is 0 Å². The summed E-state index contributed by atoms with van der Waals surface area (Å²) in [5, 5.41) is 3.87. The van der Waals surface area contributed by atoms with Crippen LogP contribution in [0.2, 0.25) is 5.02 Å². The van der Waals surface area contributed by atoms with Crippen molar-refractivity contribution in [3.05, 3.63) is 57.8 Å². The molecule has 17 heavy (non-hydrogen) atoms. The number of hydrogen-bond acceptors (Lipinski definition) is 2. The average molecular weight is 246 g/mol.